The van der Waals surface area contributed by atoms with Crippen LogP contribution >= 0.6 is 0 Å². The number of para-hydroxylation sites is 2. The maximum absolute atomic E-state index is 13.9. The number of likely N-dealkylation sites (tertiary alicyclic amines) is 1. The van der Waals surface area contributed by atoms with Crippen LogP contribution in [0.25, 0.3) is 0 Å². The fourth-order valence-corrected chi connectivity index (χ4v) is 9.86. The first-order chi connectivity index (χ1) is 29.1. The molecule has 2 amide bonds. The summed E-state index contributed by atoms with van der Waals surface area (Å²) in [4.78, 5) is 33.0. The molecule has 5 aromatic rings. The molecule has 0 radical (unpaired) electrons. The Morgan fingerprint density at radius 3 is 1.41 bits per heavy atom. The number of anilines is 2. The fraction of sp³-hybridized carbons (Fsp3) is 0.347. The molecule has 0 unspecified atom stereocenters. The average Bonchev–Trinajstić information content (AvgIpc) is 3.58. The largest absolute Gasteiger partial charge is 0.416 e. The number of carbonyl (C=O) groups is 2. The second kappa shape index (κ2) is 16.4. The molecule has 4 aliphatic heterocycles. The summed E-state index contributed by atoms with van der Waals surface area (Å²) in [7, 11) is 0. The minimum Gasteiger partial charge on any atom is -0.317 e. The Bertz CT molecular complexity index is 2420. The number of benzene rings is 5. The number of piperidine rings is 2. The van der Waals surface area contributed by atoms with Crippen LogP contribution in [0.1, 0.15) is 75.8 Å². The molecule has 4 heterocycles. The van der Waals surface area contributed by atoms with Crippen LogP contribution < -0.4 is 15.1 Å². The molecule has 9 rings (SSSR count). The predicted octanol–water partition coefficient (Wildman–Crippen LogP) is 10.3. The number of amides is 2. The maximum atomic E-state index is 13.9. The fourth-order valence-electron chi connectivity index (χ4n) is 9.86. The van der Waals surface area contributed by atoms with E-state index in [0.717, 1.165) is 79.5 Å². The Kier molecular flexibility index (Phi) is 11.4. The monoisotopic (exact) mass is 838 g/mol. The van der Waals surface area contributed by atoms with Gasteiger partial charge in [0.1, 0.15) is 0 Å². The number of fused-ring (bicyclic) bond motifs is 4. The molecule has 0 aromatic heterocycles. The van der Waals surface area contributed by atoms with Gasteiger partial charge in [-0.05, 0) is 130 Å². The summed E-state index contributed by atoms with van der Waals surface area (Å²) in [6, 6.07) is 33.8. The highest BCUT2D eigenvalue weighted by atomic mass is 19.4. The van der Waals surface area contributed by atoms with Crippen molar-refractivity contribution < 1.29 is 35.9 Å². The van der Waals surface area contributed by atoms with E-state index in [9.17, 15) is 35.9 Å². The van der Waals surface area contributed by atoms with Crippen LogP contribution in [0.15, 0.2) is 115 Å². The van der Waals surface area contributed by atoms with Crippen molar-refractivity contribution in [3.8, 4) is 0 Å². The third kappa shape index (κ3) is 8.32. The van der Waals surface area contributed by atoms with Gasteiger partial charge in [-0.3, -0.25) is 14.5 Å². The highest BCUT2D eigenvalue weighted by Crippen LogP contribution is 2.50. The molecule has 2 spiro atoms. The van der Waals surface area contributed by atoms with Gasteiger partial charge in [0.25, 0.3) is 0 Å². The molecule has 1 N–H and O–H groups in total. The highest BCUT2D eigenvalue weighted by molar-refractivity contribution is 6.09. The molecule has 6 nitrogen and oxygen atoms in total. The zero-order valence-electron chi connectivity index (χ0n) is 34.2. The molecule has 2 fully saturated rings. The van der Waals surface area contributed by atoms with Gasteiger partial charge in [-0.2, -0.15) is 26.3 Å². The standard InChI is InChI=1S/C28H27F3N2O.C21H21F3N2O/c1-20-15-22(17-23(16-20)28(29,30)31)19-33-25-10-6-5-9-24(25)27(26(33)34)11-13-32(14-12-27)18-21-7-3-2-4-8-21;1-14-10-15(12-16(11-14)21(22,23)24)13-26-18-5-3-2-4-17(18)20(19(26)27)6-8-25-9-7-20/h2-10,15-17H,11-14,18-19H2,1H3;2-5,10-12,25H,6-9,13H2,1H3. The number of carbonyl (C=O) groups excluding carboxylic acids is 2. The molecule has 318 valence electrons. The van der Waals surface area contributed by atoms with E-state index in [2.05, 4.69) is 22.3 Å². The summed E-state index contributed by atoms with van der Waals surface area (Å²) < 4.78 is 79.6. The van der Waals surface area contributed by atoms with Gasteiger partial charge >= 0.3 is 12.4 Å². The van der Waals surface area contributed by atoms with Crippen LogP contribution in [-0.2, 0) is 52.4 Å². The summed E-state index contributed by atoms with van der Waals surface area (Å²) in [6.45, 7) is 7.55. The first-order valence-corrected chi connectivity index (χ1v) is 20.7. The molecule has 61 heavy (non-hydrogen) atoms. The van der Waals surface area contributed by atoms with Crippen LogP contribution in [-0.4, -0.2) is 42.9 Å². The van der Waals surface area contributed by atoms with Crippen molar-refractivity contribution in [3.63, 3.8) is 0 Å². The quantitative estimate of drug-likeness (QED) is 0.173. The lowest BCUT2D eigenvalue weighted by Gasteiger charge is -2.38. The van der Waals surface area contributed by atoms with Gasteiger partial charge in [-0.15, -0.1) is 0 Å². The molecular formula is C49H48F6N4O2. The molecule has 5 aromatic carbocycles. The second-order valence-corrected chi connectivity index (χ2v) is 16.9. The van der Waals surface area contributed by atoms with Crippen molar-refractivity contribution in [2.45, 2.75) is 82.3 Å². The van der Waals surface area contributed by atoms with Gasteiger partial charge in [-0.25, -0.2) is 0 Å². The minimum atomic E-state index is -4.42. The average molecular weight is 839 g/mol. The van der Waals surface area contributed by atoms with Gasteiger partial charge < -0.3 is 15.1 Å². The van der Waals surface area contributed by atoms with Crippen LogP contribution in [0.2, 0.25) is 0 Å². The molecule has 0 atom stereocenters. The van der Waals surface area contributed by atoms with Crippen LogP contribution in [0.5, 0.6) is 0 Å². The Morgan fingerprint density at radius 1 is 0.525 bits per heavy atom. The van der Waals surface area contributed by atoms with Crippen molar-refractivity contribution >= 4 is 23.2 Å². The number of hydrogen-bond acceptors (Lipinski definition) is 4. The van der Waals surface area contributed by atoms with E-state index in [4.69, 9.17) is 0 Å². The molecule has 4 aliphatic rings. The van der Waals surface area contributed by atoms with E-state index in [-0.39, 0.29) is 24.9 Å². The summed E-state index contributed by atoms with van der Waals surface area (Å²) in [5, 5.41) is 3.29. The predicted molar refractivity (Wildman–Crippen MR) is 224 cm³/mol. The topological polar surface area (TPSA) is 55.9 Å². The molecule has 0 bridgehead atoms. The van der Waals surface area contributed by atoms with E-state index in [1.165, 1.54) is 5.56 Å². The summed E-state index contributed by atoms with van der Waals surface area (Å²) in [6.07, 6.45) is -5.99. The van der Waals surface area contributed by atoms with E-state index in [1.807, 2.05) is 66.7 Å². The third-order valence-corrected chi connectivity index (χ3v) is 12.8. The third-order valence-electron chi connectivity index (χ3n) is 12.8. The SMILES string of the molecule is Cc1cc(CN2C(=O)C3(CCN(Cc4ccccc4)CC3)c3ccccc32)cc(C(F)(F)F)c1.Cc1cc(CN2C(=O)C3(CCNCC3)c3ccccc32)cc(C(F)(F)F)c1. The van der Waals surface area contributed by atoms with E-state index in [1.54, 1.807) is 35.8 Å². The lowest BCUT2D eigenvalue weighted by Crippen LogP contribution is -2.48. The van der Waals surface area contributed by atoms with Crippen molar-refractivity contribution in [2.75, 3.05) is 36.0 Å². The zero-order valence-corrected chi connectivity index (χ0v) is 34.2. The summed E-state index contributed by atoms with van der Waals surface area (Å²) in [5.74, 6) is 0.00314. The zero-order chi connectivity index (χ0) is 43.2. The van der Waals surface area contributed by atoms with E-state index < -0.39 is 34.3 Å². The smallest absolute Gasteiger partial charge is 0.317 e. The molecule has 0 saturated carbocycles. The highest BCUT2D eigenvalue weighted by Gasteiger charge is 2.53. The number of nitrogens with one attached hydrogen (secondary N) is 1. The van der Waals surface area contributed by atoms with Gasteiger partial charge in [0.2, 0.25) is 11.8 Å². The Balaban J connectivity index is 0.000000173. The van der Waals surface area contributed by atoms with Crippen LogP contribution in [0, 0.1) is 13.8 Å². The number of nitrogens with zero attached hydrogens (tertiary/aromatic N) is 3. The molecule has 0 aliphatic carbocycles. The van der Waals surface area contributed by atoms with Crippen molar-refractivity contribution in [1.29, 1.82) is 0 Å². The lowest BCUT2D eigenvalue weighted by atomic mass is 9.73. The Hall–Kier alpha value is -5.46. The van der Waals surface area contributed by atoms with Crippen molar-refractivity contribution in [2.24, 2.45) is 0 Å². The normalized spacial score (nSPS) is 18.3. The van der Waals surface area contributed by atoms with Gasteiger partial charge in [0.05, 0.1) is 35.0 Å². The molecular weight excluding hydrogens is 791 g/mol. The number of aryl methyl sites for hydroxylation is 2. The minimum absolute atomic E-state index is 0.000245. The maximum Gasteiger partial charge on any atom is 0.416 e. The van der Waals surface area contributed by atoms with Crippen molar-refractivity contribution in [1.82, 2.24) is 10.2 Å². The van der Waals surface area contributed by atoms with Crippen LogP contribution in [0.4, 0.5) is 37.7 Å². The number of halogens is 6. The van der Waals surface area contributed by atoms with Crippen molar-refractivity contribution in [3.05, 3.63) is 165 Å². The Labute approximate surface area is 352 Å². The first kappa shape index (κ1) is 42.2. The molecule has 12 heteroatoms. The molecule has 2 saturated heterocycles. The summed E-state index contributed by atoms with van der Waals surface area (Å²) in [5.41, 5.74) is 4.44. The van der Waals surface area contributed by atoms with Gasteiger partial charge in [-0.1, -0.05) is 90.0 Å². The van der Waals surface area contributed by atoms with Crippen LogP contribution in [0.3, 0.4) is 0 Å². The van der Waals surface area contributed by atoms with Gasteiger partial charge in [0, 0.05) is 17.9 Å². The summed E-state index contributed by atoms with van der Waals surface area (Å²) >= 11 is 0. The lowest BCUT2D eigenvalue weighted by molar-refractivity contribution is -0.138. The number of alkyl halides is 6. The second-order valence-electron chi connectivity index (χ2n) is 16.9. The van der Waals surface area contributed by atoms with E-state index in [0.29, 0.717) is 47.9 Å². The van der Waals surface area contributed by atoms with Gasteiger partial charge in [0.15, 0.2) is 0 Å². The number of hydrogen-bond donors (Lipinski definition) is 1. The van der Waals surface area contributed by atoms with E-state index >= 15 is 0 Å². The Morgan fingerprint density at radius 2 is 0.951 bits per heavy atom. The first-order valence-electron chi connectivity index (χ1n) is 20.7. The number of rotatable bonds is 6.